The highest BCUT2D eigenvalue weighted by Gasteiger charge is 2.24. The molecule has 0 saturated carbocycles. The topological polar surface area (TPSA) is 59.0 Å². The van der Waals surface area contributed by atoms with Crippen molar-refractivity contribution in [1.82, 2.24) is 20.4 Å². The van der Waals surface area contributed by atoms with Crippen LogP contribution in [0.3, 0.4) is 0 Å². The highest BCUT2D eigenvalue weighted by atomic mass is 35.5. The van der Waals surface area contributed by atoms with Gasteiger partial charge in [-0.3, -0.25) is 0 Å². The molecule has 2 N–H and O–H groups in total. The normalized spacial score (nSPS) is 11.4. The van der Waals surface area contributed by atoms with Crippen molar-refractivity contribution < 1.29 is 4.79 Å². The van der Waals surface area contributed by atoms with E-state index in [0.717, 1.165) is 48.2 Å². The van der Waals surface area contributed by atoms with Crippen molar-refractivity contribution in [2.45, 2.75) is 53.0 Å². The molecule has 1 heterocycles. The first-order chi connectivity index (χ1) is 17.2. The fraction of sp³-hybridized carbons (Fsp3) is 0.357. The number of amides is 2. The molecule has 3 rings (SSSR count). The SMILES string of the molecule is C=CCC(CC)(CC)CCNC(=O)NCc1nn(-c2ccc(Cl)cc2Cl)c(-c2ccc(Cl)cc2)c1C. The Morgan fingerprint density at radius 2 is 1.72 bits per heavy atom. The van der Waals surface area contributed by atoms with E-state index in [1.165, 1.54) is 0 Å². The van der Waals surface area contributed by atoms with Crippen LogP contribution in [0.25, 0.3) is 16.9 Å². The van der Waals surface area contributed by atoms with Gasteiger partial charge in [-0.25, -0.2) is 9.48 Å². The number of urea groups is 1. The van der Waals surface area contributed by atoms with E-state index >= 15 is 0 Å². The average Bonchev–Trinajstić information content (AvgIpc) is 3.18. The zero-order chi connectivity index (χ0) is 26.3. The van der Waals surface area contributed by atoms with Crippen LogP contribution in [-0.2, 0) is 6.54 Å². The van der Waals surface area contributed by atoms with E-state index < -0.39 is 0 Å². The minimum absolute atomic E-state index is 0.176. The molecule has 0 unspecified atom stereocenters. The smallest absolute Gasteiger partial charge is 0.315 e. The first kappa shape index (κ1) is 28.1. The molecule has 0 fully saturated rings. The fourth-order valence-corrected chi connectivity index (χ4v) is 5.07. The Hall–Kier alpha value is -2.47. The van der Waals surface area contributed by atoms with Gasteiger partial charge in [-0.1, -0.05) is 79.7 Å². The van der Waals surface area contributed by atoms with Crippen LogP contribution in [0.15, 0.2) is 55.1 Å². The first-order valence-corrected chi connectivity index (χ1v) is 13.3. The third-order valence-electron chi connectivity index (χ3n) is 6.91. The zero-order valence-electron chi connectivity index (χ0n) is 21.0. The van der Waals surface area contributed by atoms with Gasteiger partial charge in [0.1, 0.15) is 0 Å². The van der Waals surface area contributed by atoms with E-state index in [4.69, 9.17) is 39.9 Å². The van der Waals surface area contributed by atoms with Crippen molar-refractivity contribution in [3.05, 3.63) is 81.4 Å². The maximum absolute atomic E-state index is 12.6. The molecule has 192 valence electrons. The molecule has 36 heavy (non-hydrogen) atoms. The Bertz CT molecular complexity index is 1200. The Labute approximate surface area is 228 Å². The lowest BCUT2D eigenvalue weighted by Crippen LogP contribution is -2.37. The van der Waals surface area contributed by atoms with Crippen LogP contribution in [0.2, 0.25) is 15.1 Å². The van der Waals surface area contributed by atoms with Crippen molar-refractivity contribution in [3.63, 3.8) is 0 Å². The predicted octanol–water partition coefficient (Wildman–Crippen LogP) is 8.38. The van der Waals surface area contributed by atoms with Gasteiger partial charge in [0, 0.05) is 27.7 Å². The lowest BCUT2D eigenvalue weighted by molar-refractivity contribution is 0.224. The number of nitrogens with zero attached hydrogens (tertiary/aromatic N) is 2. The summed E-state index contributed by atoms with van der Waals surface area (Å²) in [6, 6.07) is 12.6. The Kier molecular flexibility index (Phi) is 9.89. The molecule has 1 aromatic heterocycles. The van der Waals surface area contributed by atoms with Crippen molar-refractivity contribution in [3.8, 4) is 16.9 Å². The van der Waals surface area contributed by atoms with Gasteiger partial charge in [0.15, 0.2) is 0 Å². The van der Waals surface area contributed by atoms with Crippen molar-refractivity contribution in [2.75, 3.05) is 6.54 Å². The molecule has 0 aliphatic carbocycles. The third-order valence-corrected chi connectivity index (χ3v) is 7.70. The minimum atomic E-state index is -0.221. The summed E-state index contributed by atoms with van der Waals surface area (Å²) in [7, 11) is 0. The van der Waals surface area contributed by atoms with E-state index in [1.807, 2.05) is 43.3 Å². The molecule has 0 aliphatic heterocycles. The number of hydrogen-bond donors (Lipinski definition) is 2. The summed E-state index contributed by atoms with van der Waals surface area (Å²) in [6.45, 7) is 11.1. The number of aromatic nitrogens is 2. The maximum Gasteiger partial charge on any atom is 0.315 e. The van der Waals surface area contributed by atoms with E-state index in [9.17, 15) is 4.79 Å². The molecular weight excluding hydrogens is 515 g/mol. The lowest BCUT2D eigenvalue weighted by Gasteiger charge is -2.30. The van der Waals surface area contributed by atoms with Crippen molar-refractivity contribution in [2.24, 2.45) is 5.41 Å². The number of hydrogen-bond acceptors (Lipinski definition) is 2. The summed E-state index contributed by atoms with van der Waals surface area (Å²) >= 11 is 18.8. The highest BCUT2D eigenvalue weighted by molar-refractivity contribution is 6.35. The molecule has 2 amide bonds. The molecule has 0 radical (unpaired) electrons. The minimum Gasteiger partial charge on any atom is -0.338 e. The van der Waals surface area contributed by atoms with Gasteiger partial charge in [-0.2, -0.15) is 5.10 Å². The number of carbonyl (C=O) groups excluding carboxylic acids is 1. The monoisotopic (exact) mass is 546 g/mol. The van der Waals surface area contributed by atoms with Crippen LogP contribution in [0.1, 0.15) is 50.8 Å². The second kappa shape index (κ2) is 12.7. The van der Waals surface area contributed by atoms with E-state index in [1.54, 1.807) is 16.8 Å². The molecule has 0 atom stereocenters. The first-order valence-electron chi connectivity index (χ1n) is 12.2. The second-order valence-electron chi connectivity index (χ2n) is 8.99. The summed E-state index contributed by atoms with van der Waals surface area (Å²) in [5.41, 5.74) is 4.35. The Balaban J connectivity index is 1.80. The second-order valence-corrected chi connectivity index (χ2v) is 10.3. The quantitative estimate of drug-likeness (QED) is 0.237. The molecule has 0 aliphatic rings. The Morgan fingerprint density at radius 3 is 2.33 bits per heavy atom. The van der Waals surface area contributed by atoms with Crippen LogP contribution < -0.4 is 10.6 Å². The van der Waals surface area contributed by atoms with Gasteiger partial charge in [-0.15, -0.1) is 6.58 Å². The standard InChI is InChI=1S/C28H33Cl3N4O/c1-5-14-28(6-2,7-3)15-16-32-27(36)33-18-24-19(4)26(20-8-10-21(29)11-9-20)35(34-24)25-13-12-22(30)17-23(25)31/h5,8-13,17H,1,6-7,14-16,18H2,2-4H3,(H2,32,33,36). The van der Waals surface area contributed by atoms with Gasteiger partial charge in [0.25, 0.3) is 0 Å². The van der Waals surface area contributed by atoms with Crippen LogP contribution in [0, 0.1) is 12.3 Å². The van der Waals surface area contributed by atoms with Gasteiger partial charge in [0.05, 0.1) is 28.6 Å². The molecule has 2 aromatic carbocycles. The van der Waals surface area contributed by atoms with Gasteiger partial charge < -0.3 is 10.6 Å². The Morgan fingerprint density at radius 1 is 1.06 bits per heavy atom. The maximum atomic E-state index is 12.6. The fourth-order valence-electron chi connectivity index (χ4n) is 4.45. The van der Waals surface area contributed by atoms with Crippen LogP contribution >= 0.6 is 34.8 Å². The molecule has 0 bridgehead atoms. The summed E-state index contributed by atoms with van der Waals surface area (Å²) in [5, 5.41) is 12.4. The molecule has 3 aromatic rings. The number of nitrogens with one attached hydrogen (secondary N) is 2. The van der Waals surface area contributed by atoms with E-state index in [0.29, 0.717) is 27.3 Å². The summed E-state index contributed by atoms with van der Waals surface area (Å²) in [5.74, 6) is 0. The van der Waals surface area contributed by atoms with E-state index in [-0.39, 0.29) is 18.0 Å². The molecule has 5 nitrogen and oxygen atoms in total. The largest absolute Gasteiger partial charge is 0.338 e. The van der Waals surface area contributed by atoms with Crippen molar-refractivity contribution in [1.29, 1.82) is 0 Å². The predicted molar refractivity (Wildman–Crippen MR) is 151 cm³/mol. The molecule has 0 spiro atoms. The van der Waals surface area contributed by atoms with Crippen LogP contribution in [-0.4, -0.2) is 22.4 Å². The van der Waals surface area contributed by atoms with Gasteiger partial charge in [-0.05, 0) is 55.5 Å². The third kappa shape index (κ3) is 6.64. The number of carbonyl (C=O) groups is 1. The van der Waals surface area contributed by atoms with Crippen LogP contribution in [0.5, 0.6) is 0 Å². The number of halogens is 3. The summed E-state index contributed by atoms with van der Waals surface area (Å²) < 4.78 is 1.79. The number of rotatable bonds is 11. The molecule has 0 saturated heterocycles. The van der Waals surface area contributed by atoms with E-state index in [2.05, 4.69) is 31.1 Å². The zero-order valence-corrected chi connectivity index (χ0v) is 23.3. The van der Waals surface area contributed by atoms with Crippen LogP contribution in [0.4, 0.5) is 4.79 Å². The summed E-state index contributed by atoms with van der Waals surface area (Å²) in [6.07, 6.45) is 5.92. The highest BCUT2D eigenvalue weighted by Crippen LogP contribution is 2.35. The summed E-state index contributed by atoms with van der Waals surface area (Å²) in [4.78, 5) is 12.6. The number of benzene rings is 2. The van der Waals surface area contributed by atoms with Gasteiger partial charge >= 0.3 is 6.03 Å². The molecule has 8 heteroatoms. The molecular formula is C28H33Cl3N4O. The van der Waals surface area contributed by atoms with Crippen molar-refractivity contribution >= 4 is 40.8 Å². The average molecular weight is 548 g/mol. The van der Waals surface area contributed by atoms with Gasteiger partial charge in [0.2, 0.25) is 0 Å². The lowest BCUT2D eigenvalue weighted by atomic mass is 9.76. The number of allylic oxidation sites excluding steroid dienone is 1.